The van der Waals surface area contributed by atoms with Gasteiger partial charge in [-0.1, -0.05) is 11.6 Å². The summed E-state index contributed by atoms with van der Waals surface area (Å²) in [7, 11) is 0. The Kier molecular flexibility index (Phi) is 5.36. The zero-order valence-electron chi connectivity index (χ0n) is 16.3. The topological polar surface area (TPSA) is 75.9 Å². The standard InChI is InChI=1S/C21H15ClF3N5OS/c22-15-5-12-8-26-2-1-11(12)6-16(15)29-20-28-9-14(21(23,24)25)18(30-20)17-7-13(10-32-17)19-27-3-4-31-19/h3-7,9-10,26H,1-2,8H2,(H,28,29,30). The monoisotopic (exact) mass is 477 g/mol. The number of fused-ring (bicyclic) bond motifs is 1. The van der Waals surface area contributed by atoms with Crippen LogP contribution in [0.4, 0.5) is 24.8 Å². The third-order valence-electron chi connectivity index (χ3n) is 5.03. The minimum absolute atomic E-state index is 0.0230. The molecule has 0 atom stereocenters. The molecule has 5 rings (SSSR count). The van der Waals surface area contributed by atoms with Crippen LogP contribution in [0.3, 0.4) is 0 Å². The summed E-state index contributed by atoms with van der Waals surface area (Å²) in [5, 5.41) is 8.37. The van der Waals surface area contributed by atoms with E-state index in [9.17, 15) is 13.2 Å². The molecule has 3 aromatic heterocycles. The van der Waals surface area contributed by atoms with Crippen LogP contribution in [0.25, 0.3) is 22.0 Å². The largest absolute Gasteiger partial charge is 0.445 e. The predicted octanol–water partition coefficient (Wildman–Crippen LogP) is 5.92. The Morgan fingerprint density at radius 2 is 2.03 bits per heavy atom. The molecule has 4 heterocycles. The van der Waals surface area contributed by atoms with Crippen molar-refractivity contribution in [3.05, 3.63) is 63.9 Å². The lowest BCUT2D eigenvalue weighted by molar-refractivity contribution is -0.137. The fourth-order valence-corrected chi connectivity index (χ4v) is 4.61. The molecule has 0 spiro atoms. The summed E-state index contributed by atoms with van der Waals surface area (Å²) >= 11 is 7.51. The van der Waals surface area contributed by atoms with Crippen LogP contribution in [-0.4, -0.2) is 21.5 Å². The van der Waals surface area contributed by atoms with Gasteiger partial charge in [0.05, 0.1) is 27.5 Å². The Bertz CT molecular complexity index is 1270. The van der Waals surface area contributed by atoms with Crippen molar-refractivity contribution in [1.29, 1.82) is 0 Å². The van der Waals surface area contributed by atoms with Gasteiger partial charge in [-0.05, 0) is 42.3 Å². The minimum Gasteiger partial charge on any atom is -0.445 e. The SMILES string of the molecule is FC(F)(F)c1cnc(Nc2cc3c(cc2Cl)CNCC3)nc1-c1cc(-c2ncco2)cs1. The molecule has 0 saturated carbocycles. The first-order chi connectivity index (χ1) is 15.4. The molecule has 4 aromatic rings. The molecule has 164 valence electrons. The van der Waals surface area contributed by atoms with Crippen molar-refractivity contribution in [3.8, 4) is 22.0 Å². The molecule has 2 N–H and O–H groups in total. The zero-order chi connectivity index (χ0) is 22.3. The molecule has 11 heteroatoms. The first kappa shape index (κ1) is 20.9. The van der Waals surface area contributed by atoms with Crippen LogP contribution >= 0.6 is 22.9 Å². The summed E-state index contributed by atoms with van der Waals surface area (Å²) < 4.78 is 46.3. The molecule has 0 saturated heterocycles. The number of benzene rings is 1. The number of hydrogen-bond donors (Lipinski definition) is 2. The van der Waals surface area contributed by atoms with Crippen LogP contribution in [0.5, 0.6) is 0 Å². The third-order valence-corrected chi connectivity index (χ3v) is 6.28. The third kappa shape index (κ3) is 4.08. The highest BCUT2D eigenvalue weighted by atomic mass is 35.5. The van der Waals surface area contributed by atoms with Gasteiger partial charge >= 0.3 is 6.18 Å². The van der Waals surface area contributed by atoms with Crippen molar-refractivity contribution in [2.24, 2.45) is 0 Å². The number of aromatic nitrogens is 3. The zero-order valence-corrected chi connectivity index (χ0v) is 17.9. The number of anilines is 2. The second-order valence-corrected chi connectivity index (χ2v) is 8.46. The molecule has 1 aliphatic rings. The molecule has 32 heavy (non-hydrogen) atoms. The van der Waals surface area contributed by atoms with E-state index >= 15 is 0 Å². The summed E-state index contributed by atoms with van der Waals surface area (Å²) in [6.45, 7) is 1.57. The maximum atomic E-state index is 13.7. The second-order valence-electron chi connectivity index (χ2n) is 7.14. The van der Waals surface area contributed by atoms with Gasteiger partial charge in [-0.2, -0.15) is 13.2 Å². The molecule has 0 unspecified atom stereocenters. The number of rotatable bonds is 4. The van der Waals surface area contributed by atoms with Gasteiger partial charge in [0.15, 0.2) is 0 Å². The highest BCUT2D eigenvalue weighted by Crippen LogP contribution is 2.40. The van der Waals surface area contributed by atoms with Crippen LogP contribution in [0.1, 0.15) is 16.7 Å². The van der Waals surface area contributed by atoms with Crippen LogP contribution in [0, 0.1) is 0 Å². The Hall–Kier alpha value is -2.95. The molecule has 6 nitrogen and oxygen atoms in total. The Morgan fingerprint density at radius 1 is 1.16 bits per heavy atom. The molecule has 0 aliphatic carbocycles. The van der Waals surface area contributed by atoms with Crippen molar-refractivity contribution in [2.45, 2.75) is 19.1 Å². The van der Waals surface area contributed by atoms with Crippen molar-refractivity contribution in [3.63, 3.8) is 0 Å². The Balaban J connectivity index is 1.53. The van der Waals surface area contributed by atoms with Crippen molar-refractivity contribution < 1.29 is 17.6 Å². The van der Waals surface area contributed by atoms with E-state index in [1.165, 1.54) is 12.5 Å². The first-order valence-electron chi connectivity index (χ1n) is 9.60. The predicted molar refractivity (Wildman–Crippen MR) is 116 cm³/mol. The number of hydrogen-bond acceptors (Lipinski definition) is 7. The second kappa shape index (κ2) is 8.19. The maximum absolute atomic E-state index is 13.7. The van der Waals surface area contributed by atoms with E-state index in [-0.39, 0.29) is 11.6 Å². The van der Waals surface area contributed by atoms with Crippen molar-refractivity contribution in [1.82, 2.24) is 20.3 Å². The van der Waals surface area contributed by atoms with Gasteiger partial charge in [0.2, 0.25) is 11.8 Å². The van der Waals surface area contributed by atoms with E-state index < -0.39 is 11.7 Å². The summed E-state index contributed by atoms with van der Waals surface area (Å²) in [4.78, 5) is 12.5. The van der Waals surface area contributed by atoms with Crippen molar-refractivity contribution >= 4 is 34.6 Å². The Labute approximate surface area is 189 Å². The molecular weight excluding hydrogens is 463 g/mol. The van der Waals surface area contributed by atoms with E-state index in [0.717, 1.165) is 48.2 Å². The number of thiophene rings is 1. The average molecular weight is 478 g/mol. The van der Waals surface area contributed by atoms with Gasteiger partial charge in [-0.15, -0.1) is 11.3 Å². The van der Waals surface area contributed by atoms with E-state index in [2.05, 4.69) is 25.6 Å². The normalized spacial score (nSPS) is 13.8. The number of nitrogens with one attached hydrogen (secondary N) is 2. The lowest BCUT2D eigenvalue weighted by atomic mass is 10.0. The van der Waals surface area contributed by atoms with E-state index in [0.29, 0.717) is 27.0 Å². The fourth-order valence-electron chi connectivity index (χ4n) is 3.49. The van der Waals surface area contributed by atoms with Gasteiger partial charge in [0, 0.05) is 23.7 Å². The quantitative estimate of drug-likeness (QED) is 0.380. The molecule has 1 aromatic carbocycles. The molecular formula is C21H15ClF3N5OS. The molecule has 0 bridgehead atoms. The first-order valence-corrected chi connectivity index (χ1v) is 10.9. The number of nitrogens with zero attached hydrogens (tertiary/aromatic N) is 3. The van der Waals surface area contributed by atoms with Crippen molar-refractivity contribution in [2.75, 3.05) is 11.9 Å². The highest BCUT2D eigenvalue weighted by Gasteiger charge is 2.36. The molecule has 0 amide bonds. The summed E-state index contributed by atoms with van der Waals surface area (Å²) in [6, 6.07) is 5.31. The van der Waals surface area contributed by atoms with Crippen LogP contribution in [0.2, 0.25) is 5.02 Å². The average Bonchev–Trinajstić information content (AvgIpc) is 3.45. The summed E-state index contributed by atoms with van der Waals surface area (Å²) in [5.41, 5.74) is 2.19. The van der Waals surface area contributed by atoms with Crippen LogP contribution in [0.15, 0.2) is 46.7 Å². The lowest BCUT2D eigenvalue weighted by Crippen LogP contribution is -2.23. The summed E-state index contributed by atoms with van der Waals surface area (Å²) in [6.07, 6.45) is -0.125. The van der Waals surface area contributed by atoms with Gasteiger partial charge in [0.25, 0.3) is 0 Å². The van der Waals surface area contributed by atoms with Gasteiger partial charge in [-0.25, -0.2) is 15.0 Å². The van der Waals surface area contributed by atoms with Gasteiger partial charge in [0.1, 0.15) is 11.8 Å². The maximum Gasteiger partial charge on any atom is 0.420 e. The number of oxazole rings is 1. The lowest BCUT2D eigenvalue weighted by Gasteiger charge is -2.19. The minimum atomic E-state index is -4.61. The molecule has 0 fully saturated rings. The Morgan fingerprint density at radius 3 is 2.81 bits per heavy atom. The number of alkyl halides is 3. The molecule has 1 aliphatic heterocycles. The van der Waals surface area contributed by atoms with E-state index in [4.69, 9.17) is 16.0 Å². The van der Waals surface area contributed by atoms with E-state index in [1.54, 1.807) is 11.4 Å². The van der Waals surface area contributed by atoms with Gasteiger partial charge < -0.3 is 15.1 Å². The molecule has 0 radical (unpaired) electrons. The summed E-state index contributed by atoms with van der Waals surface area (Å²) in [5.74, 6) is 0.346. The van der Waals surface area contributed by atoms with Crippen LogP contribution < -0.4 is 10.6 Å². The number of halogens is 4. The van der Waals surface area contributed by atoms with Crippen LogP contribution in [-0.2, 0) is 19.1 Å². The highest BCUT2D eigenvalue weighted by molar-refractivity contribution is 7.14. The van der Waals surface area contributed by atoms with E-state index in [1.807, 2.05) is 12.1 Å². The smallest absolute Gasteiger partial charge is 0.420 e. The van der Waals surface area contributed by atoms with Gasteiger partial charge in [-0.3, -0.25) is 0 Å². The fraction of sp³-hybridized carbons (Fsp3) is 0.190.